The molecule has 1 unspecified atom stereocenters. The Morgan fingerprint density at radius 3 is 2.34 bits per heavy atom. The number of fused-ring (bicyclic) bond motifs is 1. The van der Waals surface area contributed by atoms with Crippen molar-refractivity contribution >= 4 is 37.3 Å². The molecule has 3 aromatic rings. The number of unbranched alkanes of at least 4 members (excludes halogenated alkanes) is 1. The molecule has 8 heteroatoms. The molecule has 1 atom stereocenters. The Labute approximate surface area is 216 Å². The van der Waals surface area contributed by atoms with Gasteiger partial charge in [0, 0.05) is 30.9 Å². The molecule has 0 saturated carbocycles. The second-order valence-electron chi connectivity index (χ2n) is 8.60. The Bertz CT molecular complexity index is 1250. The van der Waals surface area contributed by atoms with Crippen LogP contribution < -0.4 is 14.4 Å². The third-order valence-electron chi connectivity index (χ3n) is 6.37. The SMILES string of the molecule is CCCCC1CN(c2ccccc2)c2cc(Br)c(OC)cc2S(=O)(=O)N1Cc1ccc(OC)cc1. The molecular formula is C27H31BrN2O4S. The lowest BCUT2D eigenvalue weighted by Crippen LogP contribution is -2.43. The van der Waals surface area contributed by atoms with Gasteiger partial charge in [-0.05, 0) is 58.2 Å². The molecule has 0 aliphatic carbocycles. The van der Waals surface area contributed by atoms with Crippen molar-refractivity contribution in [1.29, 1.82) is 0 Å². The Hall–Kier alpha value is -2.55. The summed E-state index contributed by atoms with van der Waals surface area (Å²) in [5.74, 6) is 1.22. The van der Waals surface area contributed by atoms with Gasteiger partial charge in [-0.25, -0.2) is 8.42 Å². The van der Waals surface area contributed by atoms with Crippen LogP contribution >= 0.6 is 15.9 Å². The molecule has 0 fully saturated rings. The Morgan fingerprint density at radius 2 is 1.71 bits per heavy atom. The van der Waals surface area contributed by atoms with E-state index in [9.17, 15) is 8.42 Å². The number of halogens is 1. The van der Waals surface area contributed by atoms with E-state index in [1.165, 1.54) is 0 Å². The van der Waals surface area contributed by atoms with Gasteiger partial charge >= 0.3 is 0 Å². The molecule has 6 nitrogen and oxygen atoms in total. The van der Waals surface area contributed by atoms with Crippen LogP contribution in [0.4, 0.5) is 11.4 Å². The second kappa shape index (κ2) is 11.0. The number of anilines is 2. The molecule has 1 aliphatic rings. The molecule has 0 spiro atoms. The van der Waals surface area contributed by atoms with Gasteiger partial charge < -0.3 is 14.4 Å². The van der Waals surface area contributed by atoms with Crippen molar-refractivity contribution in [1.82, 2.24) is 4.31 Å². The number of hydrogen-bond donors (Lipinski definition) is 0. The smallest absolute Gasteiger partial charge is 0.245 e. The lowest BCUT2D eigenvalue weighted by Gasteiger charge is -2.31. The fourth-order valence-electron chi connectivity index (χ4n) is 4.47. The van der Waals surface area contributed by atoms with Crippen LogP contribution in [0, 0.1) is 0 Å². The van der Waals surface area contributed by atoms with Crippen molar-refractivity contribution in [3.05, 3.63) is 76.8 Å². The highest BCUT2D eigenvalue weighted by molar-refractivity contribution is 9.10. The Kier molecular flexibility index (Phi) is 8.04. The first-order chi connectivity index (χ1) is 16.9. The molecule has 0 bridgehead atoms. The van der Waals surface area contributed by atoms with E-state index < -0.39 is 10.0 Å². The van der Waals surface area contributed by atoms with Crippen molar-refractivity contribution < 1.29 is 17.9 Å². The van der Waals surface area contributed by atoms with E-state index in [0.29, 0.717) is 22.5 Å². The van der Waals surface area contributed by atoms with E-state index in [1.54, 1.807) is 24.6 Å². The number of ether oxygens (including phenoxy) is 2. The summed E-state index contributed by atoms with van der Waals surface area (Å²) in [4.78, 5) is 2.36. The standard InChI is InChI=1S/C27H31BrN2O4S/c1-4-5-9-22-19-29(21-10-7-6-8-11-21)25-16-24(28)26(34-3)17-27(25)35(31,32)30(22)18-20-12-14-23(33-2)15-13-20/h6-8,10-17,22H,4-5,9,18-19H2,1-3H3. The van der Waals surface area contributed by atoms with E-state index >= 15 is 0 Å². The van der Waals surface area contributed by atoms with Crippen LogP contribution in [0.3, 0.4) is 0 Å². The zero-order chi connectivity index (χ0) is 25.0. The fourth-order valence-corrected chi connectivity index (χ4v) is 6.79. The maximum atomic E-state index is 14.3. The minimum absolute atomic E-state index is 0.209. The van der Waals surface area contributed by atoms with Crippen molar-refractivity contribution in [3.8, 4) is 11.5 Å². The van der Waals surface area contributed by atoms with Crippen LogP contribution in [-0.2, 0) is 16.6 Å². The zero-order valence-corrected chi connectivity index (χ0v) is 22.7. The summed E-state index contributed by atoms with van der Waals surface area (Å²) in [6.45, 7) is 2.96. The molecule has 0 amide bonds. The van der Waals surface area contributed by atoms with Gasteiger partial charge in [0.05, 0.1) is 24.4 Å². The van der Waals surface area contributed by atoms with E-state index in [-0.39, 0.29) is 17.5 Å². The van der Waals surface area contributed by atoms with Crippen molar-refractivity contribution in [2.75, 3.05) is 25.7 Å². The first kappa shape index (κ1) is 25.5. The summed E-state index contributed by atoms with van der Waals surface area (Å²) in [6.07, 6.45) is 2.69. The van der Waals surface area contributed by atoms with Gasteiger partial charge in [0.25, 0.3) is 0 Å². The number of methoxy groups -OCH3 is 2. The monoisotopic (exact) mass is 558 g/mol. The minimum Gasteiger partial charge on any atom is -0.497 e. The lowest BCUT2D eigenvalue weighted by atomic mass is 10.1. The van der Waals surface area contributed by atoms with Crippen molar-refractivity contribution in [2.45, 2.75) is 43.7 Å². The Balaban J connectivity index is 1.88. The van der Waals surface area contributed by atoms with Gasteiger partial charge in [-0.1, -0.05) is 50.1 Å². The molecule has 35 heavy (non-hydrogen) atoms. The number of para-hydroxylation sites is 1. The second-order valence-corrected chi connectivity index (χ2v) is 11.3. The summed E-state index contributed by atoms with van der Waals surface area (Å²) >= 11 is 3.57. The molecule has 186 valence electrons. The van der Waals surface area contributed by atoms with Crippen LogP contribution in [-0.4, -0.2) is 39.5 Å². The predicted octanol–water partition coefficient (Wildman–Crippen LogP) is 6.37. The molecule has 0 aromatic heterocycles. The van der Waals surface area contributed by atoms with Crippen LogP contribution in [0.25, 0.3) is 0 Å². The molecule has 0 N–H and O–H groups in total. The molecule has 4 rings (SSSR count). The maximum absolute atomic E-state index is 14.3. The van der Waals surface area contributed by atoms with Gasteiger partial charge in [-0.3, -0.25) is 0 Å². The first-order valence-electron chi connectivity index (χ1n) is 11.7. The lowest BCUT2D eigenvalue weighted by molar-refractivity contribution is 0.300. The summed E-state index contributed by atoms with van der Waals surface area (Å²) in [5.41, 5.74) is 2.51. The third kappa shape index (κ3) is 5.34. The molecular weight excluding hydrogens is 528 g/mol. The Morgan fingerprint density at radius 1 is 1.00 bits per heavy atom. The van der Waals surface area contributed by atoms with E-state index in [1.807, 2.05) is 60.7 Å². The van der Waals surface area contributed by atoms with E-state index in [0.717, 1.165) is 36.3 Å². The predicted molar refractivity (Wildman–Crippen MR) is 143 cm³/mol. The maximum Gasteiger partial charge on any atom is 0.245 e. The minimum atomic E-state index is -3.84. The normalized spacial score (nSPS) is 17.5. The average Bonchev–Trinajstić information content (AvgIpc) is 2.96. The molecule has 0 radical (unpaired) electrons. The average molecular weight is 560 g/mol. The molecule has 0 saturated heterocycles. The van der Waals surface area contributed by atoms with Crippen molar-refractivity contribution in [3.63, 3.8) is 0 Å². The summed E-state index contributed by atoms with van der Waals surface area (Å²) in [7, 11) is -0.677. The zero-order valence-electron chi connectivity index (χ0n) is 20.3. The number of hydrogen-bond acceptors (Lipinski definition) is 5. The number of rotatable bonds is 8. The number of sulfonamides is 1. The van der Waals surface area contributed by atoms with Crippen molar-refractivity contribution in [2.24, 2.45) is 0 Å². The van der Waals surface area contributed by atoms with Gasteiger partial charge in [0.15, 0.2) is 0 Å². The van der Waals surface area contributed by atoms with Gasteiger partial charge in [-0.15, -0.1) is 0 Å². The highest BCUT2D eigenvalue weighted by Crippen LogP contribution is 2.43. The summed E-state index contributed by atoms with van der Waals surface area (Å²) in [5, 5.41) is 0. The highest BCUT2D eigenvalue weighted by atomic mass is 79.9. The third-order valence-corrected chi connectivity index (χ3v) is 8.91. The van der Waals surface area contributed by atoms with Gasteiger partial charge in [-0.2, -0.15) is 4.31 Å². The van der Waals surface area contributed by atoms with Crippen LogP contribution in [0.15, 0.2) is 76.1 Å². The summed E-state index contributed by atoms with van der Waals surface area (Å²) < 4.78 is 41.7. The largest absolute Gasteiger partial charge is 0.497 e. The number of benzene rings is 3. The van der Waals surface area contributed by atoms with Gasteiger partial charge in [0.2, 0.25) is 10.0 Å². The number of nitrogens with zero attached hydrogens (tertiary/aromatic N) is 2. The first-order valence-corrected chi connectivity index (χ1v) is 14.0. The highest BCUT2D eigenvalue weighted by Gasteiger charge is 2.39. The van der Waals surface area contributed by atoms with Crippen LogP contribution in [0.2, 0.25) is 0 Å². The molecule has 1 aliphatic heterocycles. The van der Waals surface area contributed by atoms with E-state index in [4.69, 9.17) is 9.47 Å². The van der Waals surface area contributed by atoms with E-state index in [2.05, 4.69) is 27.8 Å². The molecule has 3 aromatic carbocycles. The quantitative estimate of drug-likeness (QED) is 0.321. The van der Waals surface area contributed by atoms with Crippen LogP contribution in [0.5, 0.6) is 11.5 Å². The van der Waals surface area contributed by atoms with Crippen LogP contribution in [0.1, 0.15) is 31.7 Å². The topological polar surface area (TPSA) is 59.1 Å². The molecule has 1 heterocycles. The summed E-state index contributed by atoms with van der Waals surface area (Å²) in [6, 6.07) is 20.8. The fraction of sp³-hybridized carbons (Fsp3) is 0.333. The van der Waals surface area contributed by atoms with Gasteiger partial charge in [0.1, 0.15) is 16.4 Å².